The quantitative estimate of drug-likeness (QED) is 0.459. The molecule has 0 radical (unpaired) electrons. The highest BCUT2D eigenvalue weighted by Gasteiger charge is 2.43. The Morgan fingerprint density at radius 1 is 1.25 bits per heavy atom. The summed E-state index contributed by atoms with van der Waals surface area (Å²) in [6.45, 7) is 0. The van der Waals surface area contributed by atoms with Gasteiger partial charge in [0.1, 0.15) is 0 Å². The molecule has 1 saturated heterocycles. The van der Waals surface area contributed by atoms with Crippen LogP contribution in [0.1, 0.15) is 19.3 Å². The predicted molar refractivity (Wildman–Crippen MR) is 28.5 cm³/mol. The second-order valence-electron chi connectivity index (χ2n) is 2.68. The maximum Gasteiger partial charge on any atom is 0.0866 e. The number of aliphatic hydroxyl groups excluding tert-OH is 1. The fourth-order valence-electron chi connectivity index (χ4n) is 1.38. The van der Waals surface area contributed by atoms with E-state index in [-0.39, 0.29) is 6.10 Å². The standard InChI is InChI=1S/C6H10O2/c7-4-1-2-5-6(3-4)8-5/h4-7H,1-3H2/t4?,5?,6-/m0/s1. The minimum absolute atomic E-state index is 0.0706. The molecular weight excluding hydrogens is 104 g/mol. The molecule has 2 aliphatic rings. The lowest BCUT2D eigenvalue weighted by Gasteiger charge is -2.10. The molecule has 0 aromatic carbocycles. The summed E-state index contributed by atoms with van der Waals surface area (Å²) in [6.07, 6.45) is 3.79. The summed E-state index contributed by atoms with van der Waals surface area (Å²) in [5.74, 6) is 0. The zero-order valence-electron chi connectivity index (χ0n) is 4.71. The molecule has 1 N–H and O–H groups in total. The van der Waals surface area contributed by atoms with Gasteiger partial charge in [0.2, 0.25) is 0 Å². The van der Waals surface area contributed by atoms with Gasteiger partial charge in [-0.15, -0.1) is 0 Å². The molecule has 0 bridgehead atoms. The van der Waals surface area contributed by atoms with Crippen LogP contribution in [0.2, 0.25) is 0 Å². The van der Waals surface area contributed by atoms with Crippen molar-refractivity contribution in [2.45, 2.75) is 37.6 Å². The molecule has 2 nitrogen and oxygen atoms in total. The Hall–Kier alpha value is -0.0800. The Morgan fingerprint density at radius 3 is 2.75 bits per heavy atom. The molecule has 46 valence electrons. The van der Waals surface area contributed by atoms with E-state index < -0.39 is 0 Å². The van der Waals surface area contributed by atoms with Gasteiger partial charge >= 0.3 is 0 Å². The van der Waals surface area contributed by atoms with E-state index in [2.05, 4.69) is 0 Å². The van der Waals surface area contributed by atoms with Gasteiger partial charge in [-0.2, -0.15) is 0 Å². The lowest BCUT2D eigenvalue weighted by Crippen LogP contribution is -2.17. The Bertz CT molecular complexity index is 103. The van der Waals surface area contributed by atoms with Crippen LogP contribution >= 0.6 is 0 Å². The Labute approximate surface area is 48.5 Å². The van der Waals surface area contributed by atoms with E-state index in [1.165, 1.54) is 0 Å². The molecule has 2 rings (SSSR count). The van der Waals surface area contributed by atoms with Gasteiger partial charge in [-0.1, -0.05) is 0 Å². The van der Waals surface area contributed by atoms with E-state index in [4.69, 9.17) is 9.84 Å². The molecule has 2 heteroatoms. The van der Waals surface area contributed by atoms with E-state index in [0.29, 0.717) is 12.2 Å². The van der Waals surface area contributed by atoms with Gasteiger partial charge < -0.3 is 9.84 Å². The normalized spacial score (nSPS) is 52.9. The number of ether oxygens (including phenoxy) is 1. The molecule has 0 aromatic rings. The molecule has 1 aliphatic carbocycles. The summed E-state index contributed by atoms with van der Waals surface area (Å²) in [5.41, 5.74) is 0. The highest BCUT2D eigenvalue weighted by molar-refractivity contribution is 4.91. The topological polar surface area (TPSA) is 32.8 Å². The molecule has 0 aromatic heterocycles. The molecule has 2 fully saturated rings. The number of aliphatic hydroxyl groups is 1. The van der Waals surface area contributed by atoms with Crippen LogP contribution in [0.25, 0.3) is 0 Å². The van der Waals surface area contributed by atoms with Crippen LogP contribution < -0.4 is 0 Å². The zero-order chi connectivity index (χ0) is 5.56. The third-order valence-corrected chi connectivity index (χ3v) is 1.98. The maximum atomic E-state index is 9.03. The van der Waals surface area contributed by atoms with Crippen molar-refractivity contribution in [1.82, 2.24) is 0 Å². The second-order valence-corrected chi connectivity index (χ2v) is 2.68. The molecule has 0 spiro atoms. The van der Waals surface area contributed by atoms with Crippen molar-refractivity contribution in [1.29, 1.82) is 0 Å². The smallest absolute Gasteiger partial charge is 0.0866 e. The Kier molecular flexibility index (Phi) is 0.866. The van der Waals surface area contributed by atoms with Crippen LogP contribution in [0.15, 0.2) is 0 Å². The summed E-state index contributed by atoms with van der Waals surface area (Å²) < 4.78 is 5.19. The molecule has 1 heterocycles. The fraction of sp³-hybridized carbons (Fsp3) is 1.00. The number of fused-ring (bicyclic) bond motifs is 1. The van der Waals surface area contributed by atoms with Gasteiger partial charge in [0.05, 0.1) is 18.3 Å². The number of rotatable bonds is 0. The highest BCUT2D eigenvalue weighted by atomic mass is 16.6. The first-order valence-corrected chi connectivity index (χ1v) is 3.20. The van der Waals surface area contributed by atoms with Crippen LogP contribution in [-0.4, -0.2) is 23.4 Å². The summed E-state index contributed by atoms with van der Waals surface area (Å²) in [7, 11) is 0. The largest absolute Gasteiger partial charge is 0.393 e. The van der Waals surface area contributed by atoms with Crippen molar-refractivity contribution in [2.24, 2.45) is 0 Å². The van der Waals surface area contributed by atoms with Crippen molar-refractivity contribution in [3.8, 4) is 0 Å². The Balaban J connectivity index is 1.93. The van der Waals surface area contributed by atoms with Crippen molar-refractivity contribution in [2.75, 3.05) is 0 Å². The average Bonchev–Trinajstić information content (AvgIpc) is 2.43. The molecular formula is C6H10O2. The molecule has 1 aliphatic heterocycles. The Morgan fingerprint density at radius 2 is 2.12 bits per heavy atom. The minimum atomic E-state index is -0.0706. The van der Waals surface area contributed by atoms with Crippen LogP contribution in [0.4, 0.5) is 0 Å². The summed E-state index contributed by atoms with van der Waals surface area (Å²) >= 11 is 0. The number of epoxide rings is 1. The molecule has 2 unspecified atom stereocenters. The third-order valence-electron chi connectivity index (χ3n) is 1.98. The maximum absolute atomic E-state index is 9.03. The summed E-state index contributed by atoms with van der Waals surface area (Å²) in [5, 5.41) is 9.03. The van der Waals surface area contributed by atoms with Gasteiger partial charge in [0, 0.05) is 6.42 Å². The highest BCUT2D eigenvalue weighted by Crippen LogP contribution is 2.36. The van der Waals surface area contributed by atoms with Crippen molar-refractivity contribution >= 4 is 0 Å². The first-order chi connectivity index (χ1) is 3.86. The van der Waals surface area contributed by atoms with E-state index in [1.54, 1.807) is 0 Å². The van der Waals surface area contributed by atoms with Gasteiger partial charge in [0.25, 0.3) is 0 Å². The van der Waals surface area contributed by atoms with Crippen molar-refractivity contribution < 1.29 is 9.84 Å². The van der Waals surface area contributed by atoms with Crippen molar-refractivity contribution in [3.05, 3.63) is 0 Å². The molecule has 1 saturated carbocycles. The van der Waals surface area contributed by atoms with Gasteiger partial charge in [-0.25, -0.2) is 0 Å². The second kappa shape index (κ2) is 1.45. The third kappa shape index (κ3) is 0.644. The lowest BCUT2D eigenvalue weighted by molar-refractivity contribution is 0.139. The van der Waals surface area contributed by atoms with E-state index in [9.17, 15) is 0 Å². The van der Waals surface area contributed by atoms with E-state index in [1.807, 2.05) is 0 Å². The molecule has 3 atom stereocenters. The van der Waals surface area contributed by atoms with E-state index in [0.717, 1.165) is 19.3 Å². The molecule has 8 heavy (non-hydrogen) atoms. The van der Waals surface area contributed by atoms with Crippen LogP contribution in [0.5, 0.6) is 0 Å². The van der Waals surface area contributed by atoms with Gasteiger partial charge in [-0.3, -0.25) is 0 Å². The average molecular weight is 114 g/mol. The minimum Gasteiger partial charge on any atom is -0.393 e. The summed E-state index contributed by atoms with van der Waals surface area (Å²) in [6, 6.07) is 0. The number of hydrogen-bond acceptors (Lipinski definition) is 2. The zero-order valence-corrected chi connectivity index (χ0v) is 4.71. The predicted octanol–water partition coefficient (Wildman–Crippen LogP) is 0.299. The lowest BCUT2D eigenvalue weighted by atomic mass is 9.98. The summed E-state index contributed by atoms with van der Waals surface area (Å²) in [4.78, 5) is 0. The van der Waals surface area contributed by atoms with Crippen LogP contribution in [0, 0.1) is 0 Å². The monoisotopic (exact) mass is 114 g/mol. The van der Waals surface area contributed by atoms with Crippen LogP contribution in [0.3, 0.4) is 0 Å². The fourth-order valence-corrected chi connectivity index (χ4v) is 1.38. The van der Waals surface area contributed by atoms with Gasteiger partial charge in [0.15, 0.2) is 0 Å². The first-order valence-electron chi connectivity index (χ1n) is 3.20. The van der Waals surface area contributed by atoms with Crippen LogP contribution in [-0.2, 0) is 4.74 Å². The SMILES string of the molecule is OC1CCC2O[C@H]2C1. The molecule has 0 amide bonds. The van der Waals surface area contributed by atoms with Crippen molar-refractivity contribution in [3.63, 3.8) is 0 Å². The first kappa shape index (κ1) is 4.77. The van der Waals surface area contributed by atoms with E-state index >= 15 is 0 Å². The number of hydrogen-bond donors (Lipinski definition) is 1. The van der Waals surface area contributed by atoms with Gasteiger partial charge in [-0.05, 0) is 12.8 Å².